The number of hydrogen-bond donors (Lipinski definition) is 0. The average Bonchev–Trinajstić information content (AvgIpc) is 3.52. The van der Waals surface area contributed by atoms with Gasteiger partial charge in [0, 0.05) is 27.8 Å². The summed E-state index contributed by atoms with van der Waals surface area (Å²) in [6, 6.07) is 14.2. The Morgan fingerprint density at radius 3 is 1.22 bits per heavy atom. The molecule has 3 heterocycles. The van der Waals surface area contributed by atoms with Gasteiger partial charge in [-0.05, 0) is 103 Å². The number of unbranched alkanes of at least 4 members (excludes halogenated alkanes) is 2. The zero-order valence-electron chi connectivity index (χ0n) is 31.1. The van der Waals surface area contributed by atoms with Crippen molar-refractivity contribution in [2.45, 2.75) is 163 Å². The highest BCUT2D eigenvalue weighted by Gasteiger charge is 2.53. The van der Waals surface area contributed by atoms with Gasteiger partial charge in [0.2, 0.25) is 0 Å². The molecule has 2 unspecified atom stereocenters. The molecule has 252 valence electrons. The molecule has 2 aromatic carbocycles. The molecule has 0 amide bonds. The zero-order valence-corrected chi connectivity index (χ0v) is 31.1. The first-order valence-corrected chi connectivity index (χ1v) is 18.4. The predicted octanol–water partition coefficient (Wildman–Crippen LogP) is 9.37. The third kappa shape index (κ3) is 6.35. The van der Waals surface area contributed by atoms with E-state index in [0.717, 1.165) is 10.9 Å². The van der Waals surface area contributed by atoms with E-state index in [1.54, 1.807) is 0 Å². The highest BCUT2D eigenvalue weighted by atomic mass is 16.7. The molecule has 5 nitrogen and oxygen atoms in total. The number of nitrogens with zero attached hydrogens (tertiary/aromatic N) is 1. The Balaban J connectivity index is 1.75. The van der Waals surface area contributed by atoms with E-state index in [1.807, 2.05) is 0 Å². The quantitative estimate of drug-likeness (QED) is 0.177. The molecule has 1 aromatic heterocycles. The van der Waals surface area contributed by atoms with E-state index in [9.17, 15) is 0 Å². The summed E-state index contributed by atoms with van der Waals surface area (Å²) in [5, 5.41) is 2.58. The standard InChI is InChI=1S/C39H61B2NO4/c1-13-17-19-27(15-3)35(28(16-4)20-18-14-2)42-33-25-29(40-43-36(5,6)37(7,8)44-40)21-23-31(33)32-24-22-30(26-34(32)42)41-45-38(9,10)39(11,12)46-41/h21-28,35H,13-20H2,1-12H3. The largest absolute Gasteiger partial charge is 0.494 e. The minimum absolute atomic E-state index is 0.384. The van der Waals surface area contributed by atoms with Crippen molar-refractivity contribution >= 4 is 47.0 Å². The van der Waals surface area contributed by atoms with Crippen LogP contribution < -0.4 is 10.9 Å². The van der Waals surface area contributed by atoms with E-state index in [2.05, 4.69) is 124 Å². The summed E-state index contributed by atoms with van der Waals surface area (Å²) in [6.45, 7) is 26.5. The fourth-order valence-electron chi connectivity index (χ4n) is 7.63. The number of fused-ring (bicyclic) bond motifs is 3. The van der Waals surface area contributed by atoms with Crippen LogP contribution >= 0.6 is 0 Å². The van der Waals surface area contributed by atoms with Gasteiger partial charge in [-0.15, -0.1) is 0 Å². The summed E-state index contributed by atoms with van der Waals surface area (Å²) in [4.78, 5) is 0. The summed E-state index contributed by atoms with van der Waals surface area (Å²) < 4.78 is 29.0. The predicted molar refractivity (Wildman–Crippen MR) is 197 cm³/mol. The van der Waals surface area contributed by atoms with Crippen LogP contribution in [-0.2, 0) is 18.6 Å². The highest BCUT2D eigenvalue weighted by Crippen LogP contribution is 2.44. The van der Waals surface area contributed by atoms with Crippen molar-refractivity contribution in [2.75, 3.05) is 0 Å². The minimum atomic E-state index is -0.399. The number of aromatic nitrogens is 1. The van der Waals surface area contributed by atoms with Gasteiger partial charge in [0.25, 0.3) is 0 Å². The third-order valence-electron chi connectivity index (χ3n) is 12.1. The Bertz CT molecular complexity index is 1370. The molecule has 2 aliphatic rings. The first-order chi connectivity index (χ1) is 21.6. The Hall–Kier alpha value is -1.79. The molecule has 5 rings (SSSR count). The van der Waals surface area contributed by atoms with Gasteiger partial charge >= 0.3 is 14.2 Å². The van der Waals surface area contributed by atoms with E-state index in [0.29, 0.717) is 17.9 Å². The van der Waals surface area contributed by atoms with E-state index < -0.39 is 14.2 Å². The van der Waals surface area contributed by atoms with Crippen molar-refractivity contribution in [1.29, 1.82) is 0 Å². The lowest BCUT2D eigenvalue weighted by molar-refractivity contribution is 0.00578. The molecular weight excluding hydrogens is 568 g/mol. The second-order valence-corrected chi connectivity index (χ2v) is 16.2. The molecule has 0 saturated carbocycles. The molecule has 2 atom stereocenters. The molecule has 2 saturated heterocycles. The lowest BCUT2D eigenvalue weighted by Gasteiger charge is -2.36. The van der Waals surface area contributed by atoms with Crippen LogP contribution in [0, 0.1) is 11.8 Å². The number of rotatable bonds is 13. The Morgan fingerprint density at radius 2 is 0.913 bits per heavy atom. The van der Waals surface area contributed by atoms with Crippen LogP contribution in [-0.4, -0.2) is 41.2 Å². The topological polar surface area (TPSA) is 41.9 Å². The van der Waals surface area contributed by atoms with Crippen LogP contribution in [0.3, 0.4) is 0 Å². The van der Waals surface area contributed by atoms with Crippen LogP contribution in [0.25, 0.3) is 21.8 Å². The molecule has 0 bridgehead atoms. The molecular formula is C39H61B2NO4. The van der Waals surface area contributed by atoms with E-state index in [-0.39, 0.29) is 22.4 Å². The molecule has 3 aromatic rings. The highest BCUT2D eigenvalue weighted by molar-refractivity contribution is 6.63. The molecule has 7 heteroatoms. The fourth-order valence-corrected chi connectivity index (χ4v) is 7.63. The average molecular weight is 630 g/mol. The van der Waals surface area contributed by atoms with Crippen molar-refractivity contribution < 1.29 is 18.6 Å². The Morgan fingerprint density at radius 1 is 0.565 bits per heavy atom. The molecule has 46 heavy (non-hydrogen) atoms. The van der Waals surface area contributed by atoms with Gasteiger partial charge in [-0.3, -0.25) is 0 Å². The van der Waals surface area contributed by atoms with Gasteiger partial charge in [-0.1, -0.05) is 90.5 Å². The molecule has 2 fully saturated rings. The Kier molecular flexibility index (Phi) is 10.2. The Labute approximate surface area is 280 Å². The van der Waals surface area contributed by atoms with Crippen LogP contribution in [0.5, 0.6) is 0 Å². The number of benzene rings is 2. The maximum absolute atomic E-state index is 6.58. The van der Waals surface area contributed by atoms with Crippen molar-refractivity contribution in [3.8, 4) is 0 Å². The van der Waals surface area contributed by atoms with E-state index in [4.69, 9.17) is 18.6 Å². The van der Waals surface area contributed by atoms with Gasteiger partial charge in [0.15, 0.2) is 0 Å². The van der Waals surface area contributed by atoms with Crippen molar-refractivity contribution in [1.82, 2.24) is 4.57 Å². The molecule has 0 aliphatic carbocycles. The van der Waals surface area contributed by atoms with Crippen LogP contribution in [0.15, 0.2) is 36.4 Å². The van der Waals surface area contributed by atoms with Crippen LogP contribution in [0.2, 0.25) is 0 Å². The minimum Gasteiger partial charge on any atom is -0.399 e. The maximum atomic E-state index is 6.58. The molecule has 0 spiro atoms. The van der Waals surface area contributed by atoms with E-state index in [1.165, 1.54) is 73.2 Å². The van der Waals surface area contributed by atoms with Crippen molar-refractivity contribution in [3.63, 3.8) is 0 Å². The smallest absolute Gasteiger partial charge is 0.399 e. The van der Waals surface area contributed by atoms with Crippen LogP contribution in [0.4, 0.5) is 0 Å². The first kappa shape index (κ1) is 35.5. The fraction of sp³-hybridized carbons (Fsp3) is 0.692. The number of hydrogen-bond acceptors (Lipinski definition) is 4. The van der Waals surface area contributed by atoms with Gasteiger partial charge in [0.05, 0.1) is 22.4 Å². The van der Waals surface area contributed by atoms with Gasteiger partial charge in [-0.25, -0.2) is 0 Å². The summed E-state index contributed by atoms with van der Waals surface area (Å²) in [5.74, 6) is 1.17. The van der Waals surface area contributed by atoms with Crippen LogP contribution in [0.1, 0.15) is 140 Å². The third-order valence-corrected chi connectivity index (χ3v) is 12.1. The lowest BCUT2D eigenvalue weighted by Crippen LogP contribution is -2.41. The normalized spacial score (nSPS) is 22.2. The second-order valence-electron chi connectivity index (χ2n) is 16.2. The lowest BCUT2D eigenvalue weighted by atomic mass is 9.78. The maximum Gasteiger partial charge on any atom is 0.494 e. The van der Waals surface area contributed by atoms with Crippen molar-refractivity contribution in [3.05, 3.63) is 36.4 Å². The van der Waals surface area contributed by atoms with Gasteiger partial charge < -0.3 is 23.2 Å². The van der Waals surface area contributed by atoms with Crippen molar-refractivity contribution in [2.24, 2.45) is 11.8 Å². The monoisotopic (exact) mass is 629 g/mol. The summed E-state index contributed by atoms with van der Waals surface area (Å²) in [5.41, 5.74) is 3.18. The molecule has 0 N–H and O–H groups in total. The first-order valence-electron chi connectivity index (χ1n) is 18.4. The van der Waals surface area contributed by atoms with Gasteiger partial charge in [-0.2, -0.15) is 0 Å². The van der Waals surface area contributed by atoms with Gasteiger partial charge in [0.1, 0.15) is 0 Å². The molecule has 2 aliphatic heterocycles. The van der Waals surface area contributed by atoms with E-state index >= 15 is 0 Å². The summed E-state index contributed by atoms with van der Waals surface area (Å²) in [7, 11) is -0.799. The zero-order chi connectivity index (χ0) is 33.7. The second kappa shape index (κ2) is 13.3. The summed E-state index contributed by atoms with van der Waals surface area (Å²) >= 11 is 0. The SMILES string of the molecule is CCCCC(CC)C(C(CC)CCCC)n1c2cc(B3OC(C)(C)C(C)(C)O3)ccc2c2ccc(B3OC(C)(C)C(C)(C)O3)cc21. The molecule has 0 radical (unpaired) electrons. The summed E-state index contributed by atoms with van der Waals surface area (Å²) in [6.07, 6.45) is 9.79.